The Bertz CT molecular complexity index is 533. The maximum absolute atomic E-state index is 12.8. The van der Waals surface area contributed by atoms with Crippen molar-refractivity contribution in [1.29, 1.82) is 0 Å². The monoisotopic (exact) mass is 398 g/mol. The van der Waals surface area contributed by atoms with Gasteiger partial charge in [0, 0.05) is 24.8 Å². The summed E-state index contributed by atoms with van der Waals surface area (Å²) in [7, 11) is 4.00. The minimum atomic E-state index is -0.936. The Morgan fingerprint density at radius 3 is 2.63 bits per heavy atom. The van der Waals surface area contributed by atoms with Crippen LogP contribution in [0.3, 0.4) is 0 Å². The molecule has 0 aromatic rings. The van der Waals surface area contributed by atoms with Crippen LogP contribution in [-0.2, 0) is 9.53 Å². The van der Waals surface area contributed by atoms with Gasteiger partial charge in [0.25, 0.3) is 11.5 Å². The molecule has 8 heteroatoms. The quantitative estimate of drug-likeness (QED) is 0.679. The number of hydrazone groups is 1. The van der Waals surface area contributed by atoms with Crippen molar-refractivity contribution in [2.24, 2.45) is 11.0 Å². The summed E-state index contributed by atoms with van der Waals surface area (Å²) in [5.74, 6) is 1.13. The van der Waals surface area contributed by atoms with Crippen LogP contribution in [0.5, 0.6) is 0 Å². The molecule has 2 aliphatic rings. The van der Waals surface area contributed by atoms with Gasteiger partial charge in [-0.15, -0.1) is 5.10 Å². The summed E-state index contributed by atoms with van der Waals surface area (Å²) in [6, 6.07) is -0.161. The Morgan fingerprint density at radius 1 is 1.30 bits per heavy atom. The van der Waals surface area contributed by atoms with Crippen LogP contribution in [-0.4, -0.2) is 65.6 Å². The van der Waals surface area contributed by atoms with Gasteiger partial charge in [-0.1, -0.05) is 44.9 Å². The van der Waals surface area contributed by atoms with Crippen LogP contribution < -0.4 is 5.32 Å². The van der Waals surface area contributed by atoms with Crippen molar-refractivity contribution < 1.29 is 14.3 Å². The molecule has 1 heterocycles. The van der Waals surface area contributed by atoms with E-state index in [2.05, 4.69) is 29.2 Å². The Labute approximate surface area is 167 Å². The number of rotatable bonds is 8. The highest BCUT2D eigenvalue weighted by Gasteiger charge is 2.38. The van der Waals surface area contributed by atoms with Gasteiger partial charge in [-0.25, -0.2) is 4.79 Å². The number of Topliss-reactive ketones (excluding diaryl/α,β-unsaturated/α-hetero) is 1. The molecule has 1 unspecified atom stereocenters. The number of hydrogen-bond acceptors (Lipinski definition) is 6. The molecule has 0 aromatic heterocycles. The topological polar surface area (TPSA) is 74.2 Å². The molecule has 1 atom stereocenters. The maximum atomic E-state index is 12.8. The molecule has 1 aliphatic carbocycles. The van der Waals surface area contributed by atoms with E-state index in [-0.39, 0.29) is 17.9 Å². The molecule has 1 saturated carbocycles. The van der Waals surface area contributed by atoms with E-state index in [1.54, 1.807) is 0 Å². The molecule has 2 amide bonds. The first kappa shape index (κ1) is 22.0. The van der Waals surface area contributed by atoms with Crippen molar-refractivity contribution in [3.05, 3.63) is 0 Å². The number of ether oxygens (including phenoxy) is 1. The Kier molecular flexibility index (Phi) is 8.89. The Balaban J connectivity index is 1.99. The first-order valence-corrected chi connectivity index (χ1v) is 11.0. The fraction of sp³-hybridized carbons (Fsp3) is 0.842. The highest BCUT2D eigenvalue weighted by molar-refractivity contribution is 8.13. The predicted molar refractivity (Wildman–Crippen MR) is 110 cm³/mol. The first-order chi connectivity index (χ1) is 12.9. The zero-order valence-electron chi connectivity index (χ0n) is 17.1. The van der Waals surface area contributed by atoms with Gasteiger partial charge in [-0.2, -0.15) is 5.01 Å². The molecular formula is C19H34N4O3S. The molecule has 0 spiro atoms. The van der Waals surface area contributed by atoms with Crippen LogP contribution >= 0.6 is 11.8 Å². The van der Waals surface area contributed by atoms with Gasteiger partial charge >= 0.3 is 6.03 Å². The van der Waals surface area contributed by atoms with E-state index < -0.39 is 6.23 Å². The number of carbonyl (C=O) groups is 2. The fourth-order valence-electron chi connectivity index (χ4n) is 3.08. The predicted octanol–water partition coefficient (Wildman–Crippen LogP) is 3.26. The molecule has 0 aromatic carbocycles. The van der Waals surface area contributed by atoms with Crippen LogP contribution in [0.15, 0.2) is 5.10 Å². The summed E-state index contributed by atoms with van der Waals surface area (Å²) in [5.41, 5.74) is 0. The summed E-state index contributed by atoms with van der Waals surface area (Å²) < 4.78 is 5.77. The molecule has 1 fully saturated rings. The molecule has 1 aliphatic heterocycles. The van der Waals surface area contributed by atoms with E-state index in [0.717, 1.165) is 44.4 Å². The van der Waals surface area contributed by atoms with Crippen LogP contribution in [0, 0.1) is 5.92 Å². The van der Waals surface area contributed by atoms with Gasteiger partial charge in [0.2, 0.25) is 0 Å². The number of ketones is 1. The molecule has 27 heavy (non-hydrogen) atoms. The van der Waals surface area contributed by atoms with E-state index >= 15 is 0 Å². The number of carbonyl (C=O) groups excluding carboxylic acids is 2. The first-order valence-electron chi connectivity index (χ1n) is 10.0. The van der Waals surface area contributed by atoms with Crippen LogP contribution in [0.4, 0.5) is 4.79 Å². The lowest BCUT2D eigenvalue weighted by Crippen LogP contribution is -2.48. The van der Waals surface area contributed by atoms with Crippen LogP contribution in [0.2, 0.25) is 0 Å². The summed E-state index contributed by atoms with van der Waals surface area (Å²) in [6.45, 7) is 5.03. The molecule has 0 bridgehead atoms. The van der Waals surface area contributed by atoms with Crippen molar-refractivity contribution in [3.63, 3.8) is 0 Å². The van der Waals surface area contributed by atoms with E-state index in [0.29, 0.717) is 17.6 Å². The zero-order chi connectivity index (χ0) is 19.8. The Hall–Kier alpha value is -1.28. The summed E-state index contributed by atoms with van der Waals surface area (Å²) in [4.78, 5) is 27.5. The second-order valence-corrected chi connectivity index (χ2v) is 9.06. The maximum Gasteiger partial charge on any atom is 0.341 e. The van der Waals surface area contributed by atoms with Crippen molar-refractivity contribution in [3.8, 4) is 0 Å². The molecule has 7 nitrogen and oxygen atoms in total. The number of amides is 2. The van der Waals surface area contributed by atoms with Gasteiger partial charge in [0.15, 0.2) is 5.78 Å². The van der Waals surface area contributed by atoms with E-state index in [4.69, 9.17) is 4.74 Å². The minimum absolute atomic E-state index is 0.0885. The molecule has 0 radical (unpaired) electrons. The third-order valence-corrected chi connectivity index (χ3v) is 5.58. The van der Waals surface area contributed by atoms with Gasteiger partial charge in [0.1, 0.15) is 0 Å². The summed E-state index contributed by atoms with van der Waals surface area (Å²) in [6.07, 6.45) is 5.69. The number of nitrogens with zero attached hydrogens (tertiary/aromatic N) is 3. The third kappa shape index (κ3) is 7.33. The highest BCUT2D eigenvalue weighted by atomic mass is 32.2. The minimum Gasteiger partial charge on any atom is -0.438 e. The average molecular weight is 399 g/mol. The number of hydrogen-bond donors (Lipinski definition) is 1. The van der Waals surface area contributed by atoms with Crippen LogP contribution in [0.1, 0.15) is 58.8 Å². The van der Waals surface area contributed by atoms with Crippen LogP contribution in [0.25, 0.3) is 0 Å². The molecular weight excluding hydrogens is 364 g/mol. The number of thioether (sulfide) groups is 1. The smallest absolute Gasteiger partial charge is 0.341 e. The second kappa shape index (κ2) is 10.9. The van der Waals surface area contributed by atoms with Gasteiger partial charge in [-0.3, -0.25) is 4.79 Å². The number of urea groups is 1. The lowest BCUT2D eigenvalue weighted by Gasteiger charge is -2.26. The van der Waals surface area contributed by atoms with Crippen molar-refractivity contribution in [1.82, 2.24) is 15.2 Å². The molecule has 0 saturated heterocycles. The highest BCUT2D eigenvalue weighted by Crippen LogP contribution is 2.24. The molecule has 2 rings (SSSR count). The third-order valence-electron chi connectivity index (χ3n) is 4.77. The van der Waals surface area contributed by atoms with E-state index in [1.165, 1.54) is 23.2 Å². The van der Waals surface area contributed by atoms with Crippen molar-refractivity contribution >= 4 is 28.8 Å². The molecule has 154 valence electrons. The lowest BCUT2D eigenvalue weighted by atomic mass is 9.96. The molecule has 1 N–H and O–H groups in total. The largest absolute Gasteiger partial charge is 0.438 e. The second-order valence-electron chi connectivity index (χ2n) is 8.02. The van der Waals surface area contributed by atoms with Crippen molar-refractivity contribution in [2.75, 3.05) is 26.4 Å². The SMILES string of the molecule is CC(C)CCC(=O)C1OC(SCCN(C)C)=NN1C(=O)NC1CCCCC1. The van der Waals surface area contributed by atoms with E-state index in [9.17, 15) is 9.59 Å². The normalized spacial score (nSPS) is 20.7. The standard InChI is InChI=1S/C19H34N4O3S/c1-14(2)10-11-16(24)17-23(18(25)20-15-8-6-5-7-9-15)21-19(26-17)27-13-12-22(3)4/h14-15,17H,5-13H2,1-4H3,(H,20,25). The average Bonchev–Trinajstić information content (AvgIpc) is 3.04. The van der Waals surface area contributed by atoms with Gasteiger partial charge < -0.3 is 15.0 Å². The summed E-state index contributed by atoms with van der Waals surface area (Å²) >= 11 is 1.44. The van der Waals surface area contributed by atoms with Gasteiger partial charge in [0.05, 0.1) is 0 Å². The van der Waals surface area contributed by atoms with Crippen molar-refractivity contribution in [2.45, 2.75) is 71.1 Å². The summed E-state index contributed by atoms with van der Waals surface area (Å²) in [5, 5.41) is 8.97. The Morgan fingerprint density at radius 2 is 2.00 bits per heavy atom. The van der Waals surface area contributed by atoms with E-state index in [1.807, 2.05) is 14.1 Å². The number of nitrogens with one attached hydrogen (secondary N) is 1. The zero-order valence-corrected chi connectivity index (χ0v) is 17.9. The fourth-order valence-corrected chi connectivity index (χ4v) is 4.02. The lowest BCUT2D eigenvalue weighted by molar-refractivity contribution is -0.131. The van der Waals surface area contributed by atoms with Gasteiger partial charge in [-0.05, 0) is 39.3 Å².